The average molecular weight is 236 g/mol. The molecular weight excluding hydrogens is 216 g/mol. The van der Waals surface area contributed by atoms with E-state index in [2.05, 4.69) is 10.6 Å². The van der Waals surface area contributed by atoms with Crippen molar-refractivity contribution in [2.45, 2.75) is 13.0 Å². The Bertz CT molecular complexity index is 321. The SMILES string of the molecule is CCOc1ccc(NCC2CNCCO2)cc1. The molecule has 17 heavy (non-hydrogen) atoms. The third-order valence-electron chi connectivity index (χ3n) is 2.70. The number of rotatable bonds is 5. The van der Waals surface area contributed by atoms with Gasteiger partial charge < -0.3 is 20.1 Å². The zero-order valence-electron chi connectivity index (χ0n) is 10.2. The van der Waals surface area contributed by atoms with Crippen molar-refractivity contribution >= 4 is 5.69 Å². The van der Waals surface area contributed by atoms with Gasteiger partial charge in [-0.15, -0.1) is 0 Å². The number of nitrogens with one attached hydrogen (secondary N) is 2. The van der Waals surface area contributed by atoms with Crippen LogP contribution in [-0.2, 0) is 4.74 Å². The molecule has 0 saturated carbocycles. The van der Waals surface area contributed by atoms with Crippen LogP contribution in [0.2, 0.25) is 0 Å². The highest BCUT2D eigenvalue weighted by molar-refractivity contribution is 5.46. The van der Waals surface area contributed by atoms with E-state index in [1.165, 1.54) is 0 Å². The van der Waals surface area contributed by atoms with Gasteiger partial charge in [0.15, 0.2) is 0 Å². The maximum absolute atomic E-state index is 5.61. The van der Waals surface area contributed by atoms with Crippen molar-refractivity contribution in [2.24, 2.45) is 0 Å². The van der Waals surface area contributed by atoms with Crippen LogP contribution in [0.5, 0.6) is 5.75 Å². The number of benzene rings is 1. The Morgan fingerprint density at radius 3 is 2.88 bits per heavy atom. The zero-order chi connectivity index (χ0) is 11.9. The van der Waals surface area contributed by atoms with Crippen molar-refractivity contribution in [3.63, 3.8) is 0 Å². The van der Waals surface area contributed by atoms with Gasteiger partial charge in [0.25, 0.3) is 0 Å². The molecule has 1 fully saturated rings. The van der Waals surface area contributed by atoms with Gasteiger partial charge in [-0.1, -0.05) is 0 Å². The highest BCUT2D eigenvalue weighted by atomic mass is 16.5. The Labute approximate surface area is 102 Å². The quantitative estimate of drug-likeness (QED) is 0.813. The summed E-state index contributed by atoms with van der Waals surface area (Å²) in [7, 11) is 0. The minimum Gasteiger partial charge on any atom is -0.494 e. The van der Waals surface area contributed by atoms with E-state index in [-0.39, 0.29) is 6.10 Å². The van der Waals surface area contributed by atoms with Crippen molar-refractivity contribution in [1.82, 2.24) is 5.32 Å². The molecule has 1 aliphatic rings. The Hall–Kier alpha value is -1.26. The third kappa shape index (κ3) is 3.91. The number of anilines is 1. The Morgan fingerprint density at radius 2 is 2.24 bits per heavy atom. The Balaban J connectivity index is 1.77. The van der Waals surface area contributed by atoms with Gasteiger partial charge in [-0.2, -0.15) is 0 Å². The molecule has 94 valence electrons. The highest BCUT2D eigenvalue weighted by Gasteiger charge is 2.12. The largest absolute Gasteiger partial charge is 0.494 e. The predicted molar refractivity (Wildman–Crippen MR) is 68.7 cm³/mol. The van der Waals surface area contributed by atoms with Crippen molar-refractivity contribution in [1.29, 1.82) is 0 Å². The number of ether oxygens (including phenoxy) is 2. The maximum atomic E-state index is 5.61. The van der Waals surface area contributed by atoms with Gasteiger partial charge in [0.1, 0.15) is 5.75 Å². The predicted octanol–water partition coefficient (Wildman–Crippen LogP) is 1.49. The second kappa shape index (κ2) is 6.47. The van der Waals surface area contributed by atoms with Crippen LogP contribution in [0, 0.1) is 0 Å². The molecule has 4 heteroatoms. The van der Waals surface area contributed by atoms with Crippen molar-refractivity contribution in [3.8, 4) is 5.75 Å². The molecule has 4 nitrogen and oxygen atoms in total. The van der Waals surface area contributed by atoms with E-state index in [1.54, 1.807) is 0 Å². The summed E-state index contributed by atoms with van der Waals surface area (Å²) in [6.07, 6.45) is 0.260. The monoisotopic (exact) mass is 236 g/mol. The fourth-order valence-electron chi connectivity index (χ4n) is 1.82. The Morgan fingerprint density at radius 1 is 1.41 bits per heavy atom. The minimum absolute atomic E-state index is 0.260. The molecule has 0 amide bonds. The summed E-state index contributed by atoms with van der Waals surface area (Å²) in [5.74, 6) is 0.911. The molecular formula is C13H20N2O2. The molecule has 0 spiro atoms. The van der Waals surface area contributed by atoms with E-state index in [9.17, 15) is 0 Å². The lowest BCUT2D eigenvalue weighted by Crippen LogP contribution is -2.42. The molecule has 1 atom stereocenters. The third-order valence-corrected chi connectivity index (χ3v) is 2.70. The van der Waals surface area contributed by atoms with E-state index in [0.717, 1.165) is 37.7 Å². The standard InChI is InChI=1S/C13H20N2O2/c1-2-16-12-5-3-11(4-6-12)15-10-13-9-14-7-8-17-13/h3-6,13-15H,2,7-10H2,1H3. The van der Waals surface area contributed by atoms with Gasteiger partial charge in [-0.05, 0) is 31.2 Å². The van der Waals surface area contributed by atoms with Crippen molar-refractivity contribution in [3.05, 3.63) is 24.3 Å². The van der Waals surface area contributed by atoms with Gasteiger partial charge in [-0.25, -0.2) is 0 Å². The van der Waals surface area contributed by atoms with E-state index >= 15 is 0 Å². The summed E-state index contributed by atoms with van der Waals surface area (Å²) in [6, 6.07) is 8.01. The molecule has 1 saturated heterocycles. The van der Waals surface area contributed by atoms with Gasteiger partial charge in [0, 0.05) is 25.3 Å². The fraction of sp³-hybridized carbons (Fsp3) is 0.538. The summed E-state index contributed by atoms with van der Waals surface area (Å²) in [5, 5.41) is 6.68. The second-order valence-electron chi connectivity index (χ2n) is 4.04. The van der Waals surface area contributed by atoms with Gasteiger partial charge >= 0.3 is 0 Å². The van der Waals surface area contributed by atoms with E-state index in [1.807, 2.05) is 31.2 Å². The first-order valence-corrected chi connectivity index (χ1v) is 6.17. The summed E-state index contributed by atoms with van der Waals surface area (Å²) >= 11 is 0. The molecule has 1 aromatic rings. The first kappa shape index (κ1) is 12.2. The number of hydrogen-bond donors (Lipinski definition) is 2. The maximum Gasteiger partial charge on any atom is 0.119 e. The molecule has 2 rings (SSSR count). The number of hydrogen-bond acceptors (Lipinski definition) is 4. The summed E-state index contributed by atoms with van der Waals surface area (Å²) in [4.78, 5) is 0. The zero-order valence-corrected chi connectivity index (χ0v) is 10.2. The van der Waals surface area contributed by atoms with Gasteiger partial charge in [0.05, 0.1) is 19.3 Å². The van der Waals surface area contributed by atoms with Crippen LogP contribution in [0.3, 0.4) is 0 Å². The summed E-state index contributed by atoms with van der Waals surface area (Å²) in [5.41, 5.74) is 1.10. The van der Waals surface area contributed by atoms with E-state index in [0.29, 0.717) is 6.61 Å². The normalized spacial score (nSPS) is 19.9. The summed E-state index contributed by atoms with van der Waals surface area (Å²) < 4.78 is 11.0. The minimum atomic E-state index is 0.260. The molecule has 0 aliphatic carbocycles. The lowest BCUT2D eigenvalue weighted by molar-refractivity contribution is 0.0372. The molecule has 1 heterocycles. The topological polar surface area (TPSA) is 42.5 Å². The van der Waals surface area contributed by atoms with Crippen LogP contribution in [0.15, 0.2) is 24.3 Å². The first-order chi connectivity index (χ1) is 8.38. The molecule has 0 radical (unpaired) electrons. The van der Waals surface area contributed by atoms with E-state index in [4.69, 9.17) is 9.47 Å². The highest BCUT2D eigenvalue weighted by Crippen LogP contribution is 2.15. The molecule has 1 aromatic carbocycles. The fourth-order valence-corrected chi connectivity index (χ4v) is 1.82. The van der Waals surface area contributed by atoms with Gasteiger partial charge in [0.2, 0.25) is 0 Å². The molecule has 0 aromatic heterocycles. The van der Waals surface area contributed by atoms with E-state index < -0.39 is 0 Å². The lowest BCUT2D eigenvalue weighted by Gasteiger charge is -2.24. The molecule has 1 unspecified atom stereocenters. The van der Waals surface area contributed by atoms with Crippen molar-refractivity contribution in [2.75, 3.05) is 38.2 Å². The molecule has 2 N–H and O–H groups in total. The van der Waals surface area contributed by atoms with Crippen molar-refractivity contribution < 1.29 is 9.47 Å². The average Bonchev–Trinajstić information content (AvgIpc) is 2.40. The van der Waals surface area contributed by atoms with Gasteiger partial charge in [-0.3, -0.25) is 0 Å². The lowest BCUT2D eigenvalue weighted by atomic mass is 10.2. The first-order valence-electron chi connectivity index (χ1n) is 6.17. The second-order valence-corrected chi connectivity index (χ2v) is 4.04. The van der Waals surface area contributed by atoms with Crippen LogP contribution >= 0.6 is 0 Å². The molecule has 1 aliphatic heterocycles. The number of morpholine rings is 1. The Kier molecular flexibility index (Phi) is 4.64. The van der Waals surface area contributed by atoms with Crippen LogP contribution in [-0.4, -0.2) is 39.0 Å². The summed E-state index contributed by atoms with van der Waals surface area (Å²) in [6.45, 7) is 6.20. The molecule has 0 bridgehead atoms. The van der Waals surface area contributed by atoms with Crippen LogP contribution in [0.25, 0.3) is 0 Å². The van der Waals surface area contributed by atoms with Crippen LogP contribution in [0.4, 0.5) is 5.69 Å². The smallest absolute Gasteiger partial charge is 0.119 e. The van der Waals surface area contributed by atoms with Crippen LogP contribution < -0.4 is 15.4 Å². The van der Waals surface area contributed by atoms with Crippen LogP contribution in [0.1, 0.15) is 6.92 Å².